The summed E-state index contributed by atoms with van der Waals surface area (Å²) in [6, 6.07) is 14.8. The first-order chi connectivity index (χ1) is 16.1. The number of unbranched alkanes of at least 4 members (excludes halogenated alkanes) is 4. The van der Waals surface area contributed by atoms with E-state index < -0.39 is 5.97 Å². The number of rotatable bonds is 11. The van der Waals surface area contributed by atoms with Crippen LogP contribution >= 0.6 is 0 Å². The number of hydrogen-bond donors (Lipinski definition) is 3. The first-order valence-electron chi connectivity index (χ1n) is 10.9. The normalized spacial score (nSPS) is 11.0. The monoisotopic (exact) mass is 447 g/mol. The van der Waals surface area contributed by atoms with Gasteiger partial charge < -0.3 is 9.67 Å². The smallest absolute Gasteiger partial charge is 0.303 e. The molecule has 0 radical (unpaired) electrons. The van der Waals surface area contributed by atoms with Crippen molar-refractivity contribution in [3.63, 3.8) is 0 Å². The Bertz CT molecular complexity index is 1230. The van der Waals surface area contributed by atoms with Crippen molar-refractivity contribution in [3.8, 4) is 11.4 Å². The number of para-hydroxylation sites is 2. The van der Waals surface area contributed by atoms with Gasteiger partial charge in [0, 0.05) is 18.5 Å². The summed E-state index contributed by atoms with van der Waals surface area (Å²) in [6.45, 7) is 0.696. The average Bonchev–Trinajstić information content (AvgIpc) is 3.47. The third-order valence-corrected chi connectivity index (χ3v) is 5.41. The number of aliphatic carboxylic acids is 1. The van der Waals surface area contributed by atoms with Gasteiger partial charge >= 0.3 is 5.97 Å². The second-order valence-electron chi connectivity index (χ2n) is 7.72. The number of aromatic nitrogens is 6. The van der Waals surface area contributed by atoms with Gasteiger partial charge in [0.15, 0.2) is 0 Å². The van der Waals surface area contributed by atoms with Crippen LogP contribution in [-0.4, -0.2) is 47.2 Å². The highest BCUT2D eigenvalue weighted by atomic mass is 16.4. The van der Waals surface area contributed by atoms with Crippen molar-refractivity contribution >= 4 is 28.9 Å². The second-order valence-corrected chi connectivity index (χ2v) is 7.72. The number of tetrazole rings is 1. The highest BCUT2D eigenvalue weighted by Crippen LogP contribution is 2.24. The minimum atomic E-state index is -0.749. The lowest BCUT2D eigenvalue weighted by Crippen LogP contribution is -2.17. The van der Waals surface area contributed by atoms with Crippen LogP contribution in [0.1, 0.15) is 48.9 Å². The maximum absolute atomic E-state index is 13.2. The quantitative estimate of drug-likeness (QED) is 0.296. The molecule has 0 bridgehead atoms. The number of aryl methyl sites for hydroxylation is 1. The zero-order valence-corrected chi connectivity index (χ0v) is 18.1. The molecule has 4 aromatic rings. The lowest BCUT2D eigenvalue weighted by atomic mass is 10.1. The highest BCUT2D eigenvalue weighted by molar-refractivity contribution is 6.08. The van der Waals surface area contributed by atoms with E-state index >= 15 is 0 Å². The molecule has 0 aliphatic carbocycles. The Morgan fingerprint density at radius 1 is 0.970 bits per heavy atom. The lowest BCUT2D eigenvalue weighted by Gasteiger charge is -2.11. The third kappa shape index (κ3) is 5.40. The molecule has 4 rings (SSSR count). The summed E-state index contributed by atoms with van der Waals surface area (Å²) < 4.78 is 2.02. The fourth-order valence-electron chi connectivity index (χ4n) is 3.79. The number of carboxylic acids is 1. The Morgan fingerprint density at radius 2 is 1.73 bits per heavy atom. The first-order valence-corrected chi connectivity index (χ1v) is 10.9. The van der Waals surface area contributed by atoms with Crippen LogP contribution in [0.4, 0.5) is 5.95 Å². The number of hydrogen-bond acceptors (Lipinski definition) is 6. The molecular weight excluding hydrogens is 422 g/mol. The standard InChI is InChI=1S/C23H25N7O3/c31-20(32)14-4-2-1-3-9-15-30-19-13-8-7-12-18(19)24-23(30)25-22(33)17-11-6-5-10-16(17)21-26-28-29-27-21/h5-8,10-13H,1-4,9,14-15H2,(H,31,32)(H,24,25,33)(H,26,27,28,29). The van der Waals surface area contributed by atoms with Gasteiger partial charge in [0.1, 0.15) is 0 Å². The van der Waals surface area contributed by atoms with Crippen molar-refractivity contribution in [2.75, 3.05) is 5.32 Å². The van der Waals surface area contributed by atoms with Crippen LogP contribution in [0.25, 0.3) is 22.4 Å². The van der Waals surface area contributed by atoms with Gasteiger partial charge in [-0.1, -0.05) is 49.6 Å². The Labute approximate surface area is 190 Å². The van der Waals surface area contributed by atoms with Crippen LogP contribution < -0.4 is 5.32 Å². The molecule has 2 heterocycles. The maximum atomic E-state index is 13.2. The Kier molecular flexibility index (Phi) is 7.03. The van der Waals surface area contributed by atoms with Crippen LogP contribution in [0.15, 0.2) is 48.5 Å². The van der Waals surface area contributed by atoms with E-state index in [9.17, 15) is 9.59 Å². The summed E-state index contributed by atoms with van der Waals surface area (Å²) in [5, 5.41) is 25.7. The van der Waals surface area contributed by atoms with Crippen LogP contribution in [0.2, 0.25) is 0 Å². The predicted molar refractivity (Wildman–Crippen MR) is 123 cm³/mol. The Hall–Kier alpha value is -4.08. The molecule has 0 spiro atoms. The van der Waals surface area contributed by atoms with Crippen molar-refractivity contribution in [2.45, 2.75) is 45.1 Å². The minimum absolute atomic E-state index is 0.216. The van der Waals surface area contributed by atoms with Gasteiger partial charge in [0.05, 0.1) is 16.6 Å². The van der Waals surface area contributed by atoms with Crippen molar-refractivity contribution < 1.29 is 14.7 Å². The fourth-order valence-corrected chi connectivity index (χ4v) is 3.79. The van der Waals surface area contributed by atoms with E-state index in [0.717, 1.165) is 36.7 Å². The molecule has 10 heteroatoms. The zero-order valence-electron chi connectivity index (χ0n) is 18.1. The van der Waals surface area contributed by atoms with Crippen LogP contribution in [-0.2, 0) is 11.3 Å². The molecule has 0 atom stereocenters. The molecule has 0 saturated carbocycles. The van der Waals surface area contributed by atoms with Gasteiger partial charge in [-0.3, -0.25) is 14.9 Å². The SMILES string of the molecule is O=C(O)CCCCCCCn1c(NC(=O)c2ccccc2-c2nn[nH]n2)nc2ccccc21. The number of carboxylic acid groups (broad SMARTS) is 1. The molecule has 0 saturated heterocycles. The Morgan fingerprint density at radius 3 is 2.55 bits per heavy atom. The lowest BCUT2D eigenvalue weighted by molar-refractivity contribution is -0.137. The molecule has 3 N–H and O–H groups in total. The molecule has 33 heavy (non-hydrogen) atoms. The van der Waals surface area contributed by atoms with Crippen molar-refractivity contribution in [2.24, 2.45) is 0 Å². The van der Waals surface area contributed by atoms with Crippen LogP contribution in [0, 0.1) is 0 Å². The number of amides is 1. The molecule has 0 aliphatic heterocycles. The summed E-state index contributed by atoms with van der Waals surface area (Å²) >= 11 is 0. The van der Waals surface area contributed by atoms with Gasteiger partial charge in [0.2, 0.25) is 11.8 Å². The van der Waals surface area contributed by atoms with Gasteiger partial charge in [0.25, 0.3) is 5.91 Å². The van der Waals surface area contributed by atoms with Crippen molar-refractivity contribution in [1.29, 1.82) is 0 Å². The number of carbonyl (C=O) groups excluding carboxylic acids is 1. The largest absolute Gasteiger partial charge is 0.481 e. The van der Waals surface area contributed by atoms with E-state index in [1.807, 2.05) is 34.9 Å². The number of benzene rings is 2. The maximum Gasteiger partial charge on any atom is 0.303 e. The Balaban J connectivity index is 1.48. The number of nitrogens with one attached hydrogen (secondary N) is 2. The molecule has 170 valence electrons. The number of nitrogens with zero attached hydrogens (tertiary/aromatic N) is 5. The van der Waals surface area contributed by atoms with E-state index in [1.54, 1.807) is 18.2 Å². The summed E-state index contributed by atoms with van der Waals surface area (Å²) in [4.78, 5) is 28.4. The molecule has 2 aromatic carbocycles. The van der Waals surface area contributed by atoms with Crippen LogP contribution in [0.3, 0.4) is 0 Å². The number of imidazole rings is 1. The van der Waals surface area contributed by atoms with Gasteiger partial charge in [-0.15, -0.1) is 10.2 Å². The number of fused-ring (bicyclic) bond motifs is 1. The fraction of sp³-hybridized carbons (Fsp3) is 0.304. The summed E-state index contributed by atoms with van der Waals surface area (Å²) in [6.07, 6.45) is 4.65. The topological polar surface area (TPSA) is 139 Å². The third-order valence-electron chi connectivity index (χ3n) is 5.41. The molecule has 0 unspecified atom stereocenters. The van der Waals surface area contributed by atoms with E-state index in [2.05, 4.69) is 30.9 Å². The number of H-pyrrole nitrogens is 1. The number of anilines is 1. The van der Waals surface area contributed by atoms with E-state index in [0.29, 0.717) is 35.9 Å². The van der Waals surface area contributed by atoms with E-state index in [-0.39, 0.29) is 12.3 Å². The van der Waals surface area contributed by atoms with Gasteiger partial charge in [-0.05, 0) is 36.3 Å². The van der Waals surface area contributed by atoms with E-state index in [1.165, 1.54) is 0 Å². The molecule has 2 aromatic heterocycles. The number of carbonyl (C=O) groups is 2. The van der Waals surface area contributed by atoms with Crippen LogP contribution in [0.5, 0.6) is 0 Å². The zero-order chi connectivity index (χ0) is 23.0. The second kappa shape index (κ2) is 10.5. The highest BCUT2D eigenvalue weighted by Gasteiger charge is 2.18. The van der Waals surface area contributed by atoms with E-state index in [4.69, 9.17) is 5.11 Å². The average molecular weight is 447 g/mol. The van der Waals surface area contributed by atoms with Gasteiger partial charge in [-0.25, -0.2) is 4.98 Å². The molecular formula is C23H25N7O3. The summed E-state index contributed by atoms with van der Waals surface area (Å²) in [7, 11) is 0. The van der Waals surface area contributed by atoms with Crippen molar-refractivity contribution in [1.82, 2.24) is 30.2 Å². The summed E-state index contributed by atoms with van der Waals surface area (Å²) in [5.41, 5.74) is 2.76. The van der Waals surface area contributed by atoms with Crippen molar-refractivity contribution in [3.05, 3.63) is 54.1 Å². The molecule has 10 nitrogen and oxygen atoms in total. The first kappa shape index (κ1) is 22.1. The molecule has 1 amide bonds. The molecule has 0 aliphatic rings. The minimum Gasteiger partial charge on any atom is -0.481 e. The summed E-state index contributed by atoms with van der Waals surface area (Å²) in [5.74, 6) is -0.228. The number of aromatic amines is 1. The van der Waals surface area contributed by atoms with Gasteiger partial charge in [-0.2, -0.15) is 5.21 Å². The molecule has 0 fully saturated rings. The predicted octanol–water partition coefficient (Wildman–Crippen LogP) is 3.89.